The van der Waals surface area contributed by atoms with Crippen LogP contribution >= 0.6 is 0 Å². The molecule has 0 saturated carbocycles. The van der Waals surface area contributed by atoms with Crippen LogP contribution in [0, 0.1) is 0 Å². The molecule has 0 amide bonds. The third kappa shape index (κ3) is 5.37. The first-order valence-corrected chi connectivity index (χ1v) is 17.6. The topological polar surface area (TPSA) is 56.7 Å². The van der Waals surface area contributed by atoms with Crippen molar-refractivity contribution in [3.63, 3.8) is 0 Å². The minimum Gasteiger partial charge on any atom is -0.456 e. The number of furan rings is 1. The molecule has 5 heteroatoms. The van der Waals surface area contributed by atoms with E-state index in [9.17, 15) is 5.48 Å². The van der Waals surface area contributed by atoms with Gasteiger partial charge in [0.15, 0.2) is 17.5 Å². The van der Waals surface area contributed by atoms with Gasteiger partial charge in [0.2, 0.25) is 0 Å². The van der Waals surface area contributed by atoms with Crippen LogP contribution in [0.3, 0.4) is 0 Å². The Hall–Kier alpha value is -7.63. The fraction of sp³-hybridized carbons (Fsp3) is 0. The van der Waals surface area contributed by atoms with E-state index < -0.39 is 90.6 Å². The molecule has 0 atom stereocenters. The zero-order chi connectivity index (χ0) is 50.1. The summed E-state index contributed by atoms with van der Waals surface area (Å²) in [5.41, 5.74) is 2.09. The highest BCUT2D eigenvalue weighted by atomic mass is 16.3. The number of hydrogen-bond acceptors (Lipinski definition) is 4. The van der Waals surface area contributed by atoms with Crippen LogP contribution in [-0.2, 0) is 0 Å². The summed E-state index contributed by atoms with van der Waals surface area (Å²) in [6.07, 6.45) is 0. The lowest BCUT2D eigenvalue weighted by molar-refractivity contribution is 0.669. The largest absolute Gasteiger partial charge is 0.456 e. The summed E-state index contributed by atoms with van der Waals surface area (Å²) < 4.78 is 141. The van der Waals surface area contributed by atoms with E-state index in [1.807, 2.05) is 60.7 Å². The normalized spacial score (nSPS) is 15.3. The van der Waals surface area contributed by atoms with E-state index in [1.54, 1.807) is 24.3 Å². The Kier molecular flexibility index (Phi) is 4.70. The Morgan fingerprint density at radius 3 is 1.73 bits per heavy atom. The van der Waals surface area contributed by atoms with Crippen LogP contribution in [0.2, 0.25) is 0 Å². The van der Waals surface area contributed by atoms with Crippen LogP contribution in [0.25, 0.3) is 106 Å². The maximum atomic E-state index is 9.63. The Morgan fingerprint density at radius 2 is 0.982 bits per heavy atom. The van der Waals surface area contributed by atoms with Gasteiger partial charge in [-0.2, -0.15) is 0 Å². The summed E-state index contributed by atoms with van der Waals surface area (Å²) in [5.74, 6) is 0.361. The smallest absolute Gasteiger partial charge is 0.166 e. The van der Waals surface area contributed by atoms with Crippen molar-refractivity contribution in [3.8, 4) is 62.1 Å². The molecule has 0 saturated heterocycles. The third-order valence-electron chi connectivity index (χ3n) is 9.58. The standard InChI is InChI=1S/C51H32N4O/c1-3-14-33(15-4-1)35-18-13-19-38(30-35)50-52-49(34-16-5-2-6-17-34)53-51(54-50)43-32-36(37-27-29-48-42(31-37)41-22-9-12-25-47(41)56-48)26-28-46(43)55-44-23-10-7-20-39(44)40-21-8-11-24-45(40)55/h1-32H/i7D,8D,9D,10D,11D,12D,20D,21D,22D,23D,24D,25D,27D,29D,31D. The van der Waals surface area contributed by atoms with Gasteiger partial charge in [-0.05, 0) is 70.7 Å². The average molecular weight is 732 g/mol. The molecule has 5 nitrogen and oxygen atoms in total. The molecule has 11 aromatic rings. The summed E-state index contributed by atoms with van der Waals surface area (Å²) in [5, 5.41) is -0.622. The quantitative estimate of drug-likeness (QED) is 0.171. The molecule has 0 radical (unpaired) electrons. The molecular formula is C51H32N4O. The maximum Gasteiger partial charge on any atom is 0.166 e. The molecule has 0 N–H and O–H groups in total. The van der Waals surface area contributed by atoms with E-state index in [0.717, 1.165) is 11.1 Å². The summed E-state index contributed by atoms with van der Waals surface area (Å²) >= 11 is 0. The van der Waals surface area contributed by atoms with Crippen molar-refractivity contribution in [2.24, 2.45) is 0 Å². The van der Waals surface area contributed by atoms with Crippen LogP contribution in [0.15, 0.2) is 198 Å². The number of hydrogen-bond donors (Lipinski definition) is 0. The fourth-order valence-corrected chi connectivity index (χ4v) is 6.98. The highest BCUT2D eigenvalue weighted by Gasteiger charge is 2.21. The second-order valence-corrected chi connectivity index (χ2v) is 12.9. The van der Waals surface area contributed by atoms with Crippen molar-refractivity contribution in [2.75, 3.05) is 0 Å². The van der Waals surface area contributed by atoms with Crippen molar-refractivity contribution in [2.45, 2.75) is 0 Å². The lowest BCUT2D eigenvalue weighted by Gasteiger charge is -2.16. The van der Waals surface area contributed by atoms with Crippen molar-refractivity contribution in [1.82, 2.24) is 19.5 Å². The van der Waals surface area contributed by atoms with Gasteiger partial charge in [-0.1, -0.05) is 145 Å². The first kappa shape index (κ1) is 20.2. The molecule has 262 valence electrons. The van der Waals surface area contributed by atoms with Crippen molar-refractivity contribution in [1.29, 1.82) is 0 Å². The number of benzene rings is 8. The number of para-hydroxylation sites is 3. The molecule has 0 aliphatic rings. The van der Waals surface area contributed by atoms with Crippen LogP contribution < -0.4 is 0 Å². The van der Waals surface area contributed by atoms with Crippen LogP contribution in [0.4, 0.5) is 0 Å². The Labute approximate surface area is 343 Å². The Bertz CT molecular complexity index is 4050. The molecule has 56 heavy (non-hydrogen) atoms. The predicted octanol–water partition coefficient (Wildman–Crippen LogP) is 13.2. The van der Waals surface area contributed by atoms with Crippen molar-refractivity contribution in [3.05, 3.63) is 194 Å². The van der Waals surface area contributed by atoms with Crippen molar-refractivity contribution >= 4 is 43.7 Å². The van der Waals surface area contributed by atoms with Gasteiger partial charge in [0.25, 0.3) is 0 Å². The molecule has 11 rings (SSSR count). The molecule has 0 spiro atoms. The molecule has 0 unspecified atom stereocenters. The molecule has 0 aliphatic carbocycles. The lowest BCUT2D eigenvalue weighted by Crippen LogP contribution is -2.04. The maximum absolute atomic E-state index is 9.63. The molecule has 0 bridgehead atoms. The van der Waals surface area contributed by atoms with Gasteiger partial charge >= 0.3 is 0 Å². The third-order valence-corrected chi connectivity index (χ3v) is 9.58. The Balaban J connectivity index is 1.30. The number of fused-ring (bicyclic) bond motifs is 6. The van der Waals surface area contributed by atoms with E-state index in [2.05, 4.69) is 0 Å². The fourth-order valence-electron chi connectivity index (χ4n) is 6.98. The zero-order valence-electron chi connectivity index (χ0n) is 44.0. The molecule has 0 fully saturated rings. The number of aromatic nitrogens is 4. The van der Waals surface area contributed by atoms with Gasteiger partial charge in [-0.25, -0.2) is 15.0 Å². The molecule has 0 aliphatic heterocycles. The number of nitrogens with zero attached hydrogens (tertiary/aromatic N) is 4. The lowest BCUT2D eigenvalue weighted by atomic mass is 9.99. The highest BCUT2D eigenvalue weighted by Crippen LogP contribution is 2.39. The second-order valence-electron chi connectivity index (χ2n) is 12.9. The summed E-state index contributed by atoms with van der Waals surface area (Å²) in [6, 6.07) is 22.4. The van der Waals surface area contributed by atoms with Crippen molar-refractivity contribution < 1.29 is 25.0 Å². The summed E-state index contributed by atoms with van der Waals surface area (Å²) in [6.45, 7) is 0. The zero-order valence-corrected chi connectivity index (χ0v) is 29.0. The van der Waals surface area contributed by atoms with Gasteiger partial charge < -0.3 is 8.98 Å². The minimum absolute atomic E-state index is 0.0411. The van der Waals surface area contributed by atoms with Gasteiger partial charge in [0.1, 0.15) is 11.2 Å². The predicted molar refractivity (Wildman–Crippen MR) is 229 cm³/mol. The average Bonchev–Trinajstić information content (AvgIpc) is 3.98. The van der Waals surface area contributed by atoms with Gasteiger partial charge in [-0.15, -0.1) is 0 Å². The first-order chi connectivity index (χ1) is 34.0. The van der Waals surface area contributed by atoms with E-state index in [1.165, 1.54) is 22.8 Å². The van der Waals surface area contributed by atoms with E-state index >= 15 is 0 Å². The minimum atomic E-state index is -0.633. The molecule has 3 aromatic heterocycles. The van der Waals surface area contributed by atoms with Crippen LogP contribution in [0.5, 0.6) is 0 Å². The molecule has 3 heterocycles. The van der Waals surface area contributed by atoms with Gasteiger partial charge in [0, 0.05) is 38.2 Å². The molecule has 8 aromatic carbocycles. The summed E-state index contributed by atoms with van der Waals surface area (Å²) in [7, 11) is 0. The first-order valence-electron chi connectivity index (χ1n) is 25.1. The van der Waals surface area contributed by atoms with E-state index in [-0.39, 0.29) is 83.6 Å². The summed E-state index contributed by atoms with van der Waals surface area (Å²) in [4.78, 5) is 15.0. The second kappa shape index (κ2) is 13.0. The van der Waals surface area contributed by atoms with Crippen LogP contribution in [-0.4, -0.2) is 19.5 Å². The SMILES string of the molecule is [2H]c1c([2H])c([2H])c2c(oc3c([2H])c([2H])c(-c4ccc(-n5c6c([2H])c([2H])c([2H])c([2H])c6c6c([2H])c([2H])c([2H])c([2H])c65)c(-c5nc(-c6ccccc6)nc(-c6cccc(-c7ccccc7)c6)n5)c4)c([2H])c32)c1[2H]. The van der Waals surface area contributed by atoms with Gasteiger partial charge in [-0.3, -0.25) is 0 Å². The van der Waals surface area contributed by atoms with E-state index in [0.29, 0.717) is 11.1 Å². The van der Waals surface area contributed by atoms with Gasteiger partial charge in [0.05, 0.1) is 37.3 Å². The van der Waals surface area contributed by atoms with Crippen LogP contribution in [0.1, 0.15) is 20.6 Å². The number of rotatable bonds is 6. The molecular weight excluding hydrogens is 685 g/mol. The highest BCUT2D eigenvalue weighted by molar-refractivity contribution is 6.10. The Morgan fingerprint density at radius 1 is 0.411 bits per heavy atom. The monoisotopic (exact) mass is 731 g/mol. The van der Waals surface area contributed by atoms with E-state index in [4.69, 9.17) is 34.4 Å².